The van der Waals surface area contributed by atoms with Crippen LogP contribution in [0.25, 0.3) is 10.9 Å². The normalized spacial score (nSPS) is 12.4. The number of carboxylic acid groups (broad SMARTS) is 1. The zero-order valence-corrected chi connectivity index (χ0v) is 16.9. The topological polar surface area (TPSA) is 112 Å². The molecule has 8 nitrogen and oxygen atoms in total. The van der Waals surface area contributed by atoms with Gasteiger partial charge in [-0.15, -0.1) is 0 Å². The van der Waals surface area contributed by atoms with Crippen molar-refractivity contribution >= 4 is 34.7 Å². The highest BCUT2D eigenvalue weighted by atomic mass is 16.6. The summed E-state index contributed by atoms with van der Waals surface area (Å²) in [5.74, 6) is -3.26. The van der Waals surface area contributed by atoms with Gasteiger partial charge in [0.2, 0.25) is 0 Å². The lowest BCUT2D eigenvalue weighted by Crippen LogP contribution is -2.26. The molecule has 29 heavy (non-hydrogen) atoms. The van der Waals surface area contributed by atoms with Gasteiger partial charge >= 0.3 is 18.0 Å². The second-order valence-corrected chi connectivity index (χ2v) is 7.66. The van der Waals surface area contributed by atoms with Gasteiger partial charge in [-0.05, 0) is 32.4 Å². The lowest BCUT2D eigenvalue weighted by molar-refractivity contribution is -0.142. The fraction of sp³-hybridized carbons (Fsp3) is 0.429. The van der Waals surface area contributed by atoms with Gasteiger partial charge < -0.3 is 14.6 Å². The quantitative estimate of drug-likeness (QED) is 0.704. The maximum absolute atomic E-state index is 12.6. The maximum atomic E-state index is 12.6. The molecule has 0 aliphatic heterocycles. The molecule has 8 heteroatoms. The van der Waals surface area contributed by atoms with Gasteiger partial charge in [0, 0.05) is 24.4 Å². The summed E-state index contributed by atoms with van der Waals surface area (Å²) in [6.45, 7) is 5.20. The van der Waals surface area contributed by atoms with Crippen molar-refractivity contribution < 1.29 is 33.8 Å². The van der Waals surface area contributed by atoms with Crippen LogP contribution < -0.4 is 0 Å². The fourth-order valence-electron chi connectivity index (χ4n) is 2.95. The van der Waals surface area contributed by atoms with Crippen LogP contribution in [0.15, 0.2) is 30.5 Å². The monoisotopic (exact) mass is 403 g/mol. The van der Waals surface area contributed by atoms with Crippen molar-refractivity contribution in [1.82, 2.24) is 4.57 Å². The molecule has 0 saturated heterocycles. The number of esters is 1. The number of Topliss-reactive ketones (excluding diaryl/α,β-unsaturated/α-hetero) is 1. The molecule has 1 unspecified atom stereocenters. The van der Waals surface area contributed by atoms with Crippen molar-refractivity contribution in [1.29, 1.82) is 0 Å². The van der Waals surface area contributed by atoms with Crippen molar-refractivity contribution in [2.24, 2.45) is 0 Å². The Labute approximate surface area is 168 Å². The smallest absolute Gasteiger partial charge is 0.419 e. The molecular weight excluding hydrogens is 378 g/mol. The number of fused-ring (bicyclic) bond motifs is 1. The van der Waals surface area contributed by atoms with Crippen LogP contribution in [-0.2, 0) is 23.9 Å². The second kappa shape index (κ2) is 8.89. The first-order valence-electron chi connectivity index (χ1n) is 9.18. The first-order valence-corrected chi connectivity index (χ1v) is 9.18. The lowest BCUT2D eigenvalue weighted by atomic mass is 9.92. The Morgan fingerprint density at radius 1 is 1.10 bits per heavy atom. The molecule has 0 aliphatic carbocycles. The molecule has 156 valence electrons. The van der Waals surface area contributed by atoms with E-state index in [1.807, 2.05) is 0 Å². The highest BCUT2D eigenvalue weighted by Gasteiger charge is 2.29. The van der Waals surface area contributed by atoms with E-state index in [9.17, 15) is 24.3 Å². The number of aliphatic carboxylic acids is 1. The number of ether oxygens (including phenoxy) is 2. The van der Waals surface area contributed by atoms with Gasteiger partial charge in [0.25, 0.3) is 0 Å². The second-order valence-electron chi connectivity index (χ2n) is 7.66. The van der Waals surface area contributed by atoms with Crippen molar-refractivity contribution in [3.8, 4) is 0 Å². The van der Waals surface area contributed by atoms with Gasteiger partial charge in [0.1, 0.15) is 11.4 Å². The van der Waals surface area contributed by atoms with Gasteiger partial charge in [0.05, 0.1) is 25.0 Å². The van der Waals surface area contributed by atoms with Gasteiger partial charge in [-0.2, -0.15) is 0 Å². The summed E-state index contributed by atoms with van der Waals surface area (Å²) in [5, 5.41) is 10.3. The SMILES string of the molecule is COC(=O)CCC(=O)CC(C(=O)O)c1cn(C(=O)OC(C)(C)C)c2ccccc12. The predicted octanol–water partition coefficient (Wildman–Crippen LogP) is 3.51. The molecule has 1 atom stereocenters. The fourth-order valence-corrected chi connectivity index (χ4v) is 2.95. The van der Waals surface area contributed by atoms with E-state index in [-0.39, 0.29) is 25.0 Å². The minimum Gasteiger partial charge on any atom is -0.481 e. The van der Waals surface area contributed by atoms with E-state index in [0.717, 1.165) is 0 Å². The van der Waals surface area contributed by atoms with Crippen LogP contribution in [0, 0.1) is 0 Å². The molecule has 0 saturated carbocycles. The summed E-state index contributed by atoms with van der Waals surface area (Å²) >= 11 is 0. The number of benzene rings is 1. The number of nitrogens with zero attached hydrogens (tertiary/aromatic N) is 1. The van der Waals surface area contributed by atoms with E-state index in [1.54, 1.807) is 45.0 Å². The number of ketones is 1. The number of rotatable bonds is 7. The van der Waals surface area contributed by atoms with Crippen LogP contribution in [0.5, 0.6) is 0 Å². The average molecular weight is 403 g/mol. The molecule has 0 fully saturated rings. The molecule has 0 spiro atoms. The molecule has 1 aromatic heterocycles. The number of hydrogen-bond donors (Lipinski definition) is 1. The summed E-state index contributed by atoms with van der Waals surface area (Å²) in [7, 11) is 1.22. The van der Waals surface area contributed by atoms with Crippen molar-refractivity contribution in [2.45, 2.75) is 51.6 Å². The van der Waals surface area contributed by atoms with Gasteiger partial charge in [-0.25, -0.2) is 4.79 Å². The molecule has 2 rings (SSSR count). The summed E-state index contributed by atoms with van der Waals surface area (Å²) in [6, 6.07) is 6.83. The van der Waals surface area contributed by atoms with E-state index in [0.29, 0.717) is 16.5 Å². The molecule has 0 aliphatic rings. The number of hydrogen-bond acceptors (Lipinski definition) is 6. The Morgan fingerprint density at radius 2 is 1.76 bits per heavy atom. The third-order valence-electron chi connectivity index (χ3n) is 4.27. The summed E-state index contributed by atoms with van der Waals surface area (Å²) in [5.41, 5.74) is 0.106. The number of carbonyl (C=O) groups is 4. The zero-order chi connectivity index (χ0) is 21.8. The van der Waals surface area contributed by atoms with Crippen LogP contribution in [0.4, 0.5) is 4.79 Å². The molecule has 0 bridgehead atoms. The van der Waals surface area contributed by atoms with Crippen LogP contribution >= 0.6 is 0 Å². The van der Waals surface area contributed by atoms with Crippen LogP contribution in [0.1, 0.15) is 51.5 Å². The molecule has 1 N–H and O–H groups in total. The first kappa shape index (κ1) is 22.1. The number of aromatic nitrogens is 1. The minimum atomic E-state index is -1.19. The van der Waals surface area contributed by atoms with E-state index in [2.05, 4.69) is 4.74 Å². The van der Waals surface area contributed by atoms with Crippen LogP contribution in [0.3, 0.4) is 0 Å². The highest BCUT2D eigenvalue weighted by molar-refractivity contribution is 5.97. The van der Waals surface area contributed by atoms with Crippen LogP contribution in [0.2, 0.25) is 0 Å². The number of methoxy groups -OCH3 is 1. The minimum absolute atomic E-state index is 0.110. The largest absolute Gasteiger partial charge is 0.481 e. The zero-order valence-electron chi connectivity index (χ0n) is 16.9. The predicted molar refractivity (Wildman–Crippen MR) is 105 cm³/mol. The Bertz CT molecular complexity index is 936. The third kappa shape index (κ3) is 5.66. The summed E-state index contributed by atoms with van der Waals surface area (Å²) in [6.07, 6.45) is 0.253. The number of carboxylic acids is 1. The van der Waals surface area contributed by atoms with E-state index < -0.39 is 29.6 Å². The van der Waals surface area contributed by atoms with Gasteiger partial charge in [-0.3, -0.25) is 19.0 Å². The summed E-state index contributed by atoms with van der Waals surface area (Å²) in [4.78, 5) is 48.0. The molecule has 0 amide bonds. The highest BCUT2D eigenvalue weighted by Crippen LogP contribution is 2.31. The Morgan fingerprint density at radius 3 is 2.34 bits per heavy atom. The van der Waals surface area contributed by atoms with Crippen molar-refractivity contribution in [3.05, 3.63) is 36.0 Å². The van der Waals surface area contributed by atoms with Crippen molar-refractivity contribution in [3.63, 3.8) is 0 Å². The molecule has 0 radical (unpaired) electrons. The van der Waals surface area contributed by atoms with E-state index >= 15 is 0 Å². The maximum Gasteiger partial charge on any atom is 0.419 e. The van der Waals surface area contributed by atoms with Gasteiger partial charge in [-0.1, -0.05) is 18.2 Å². The number of para-hydroxylation sites is 1. The number of carbonyl (C=O) groups excluding carboxylic acids is 3. The molecule has 1 aromatic carbocycles. The average Bonchev–Trinajstić information content (AvgIpc) is 3.02. The Hall–Kier alpha value is -3.16. The first-order chi connectivity index (χ1) is 13.5. The summed E-state index contributed by atoms with van der Waals surface area (Å²) < 4.78 is 11.2. The third-order valence-corrected chi connectivity index (χ3v) is 4.27. The Balaban J connectivity index is 2.38. The Kier molecular flexibility index (Phi) is 6.79. The standard InChI is InChI=1S/C21H25NO7/c1-21(2,3)29-20(27)22-12-16(14-7-5-6-8-17(14)22)15(19(25)26)11-13(23)9-10-18(24)28-4/h5-8,12,15H,9-11H2,1-4H3,(H,25,26). The van der Waals surface area contributed by atoms with E-state index in [4.69, 9.17) is 4.74 Å². The van der Waals surface area contributed by atoms with Crippen molar-refractivity contribution in [2.75, 3.05) is 7.11 Å². The van der Waals surface area contributed by atoms with Gasteiger partial charge in [0.15, 0.2) is 0 Å². The molecule has 1 heterocycles. The van der Waals surface area contributed by atoms with E-state index in [1.165, 1.54) is 17.9 Å². The molecule has 2 aromatic rings. The lowest BCUT2D eigenvalue weighted by Gasteiger charge is -2.19. The van der Waals surface area contributed by atoms with Crippen LogP contribution in [-0.4, -0.2) is 46.2 Å². The molecular formula is C21H25NO7.